The van der Waals surface area contributed by atoms with Crippen LogP contribution in [0, 0.1) is 6.92 Å². The molecule has 1 aromatic heterocycles. The van der Waals surface area contributed by atoms with E-state index in [4.69, 9.17) is 4.42 Å². The average Bonchev–Trinajstić information content (AvgIpc) is 3.20. The number of rotatable bonds is 7. The van der Waals surface area contributed by atoms with Crippen molar-refractivity contribution in [3.63, 3.8) is 0 Å². The van der Waals surface area contributed by atoms with Crippen molar-refractivity contribution in [2.75, 3.05) is 32.5 Å². The van der Waals surface area contributed by atoms with Gasteiger partial charge in [0.25, 0.3) is 6.01 Å². The van der Waals surface area contributed by atoms with E-state index in [1.165, 1.54) is 0 Å². The van der Waals surface area contributed by atoms with E-state index in [0.717, 1.165) is 12.0 Å². The number of amides is 2. The Bertz CT molecular complexity index is 1040. The molecule has 1 aliphatic rings. The monoisotopic (exact) mass is 413 g/mol. The first-order valence-corrected chi connectivity index (χ1v) is 9.84. The van der Waals surface area contributed by atoms with Crippen LogP contribution in [0.5, 0.6) is 0 Å². The Morgan fingerprint density at radius 3 is 2.77 bits per heavy atom. The Hall–Kier alpha value is -3.20. The molecule has 1 aliphatic heterocycles. The van der Waals surface area contributed by atoms with Crippen LogP contribution >= 0.6 is 0 Å². The molecule has 30 heavy (non-hydrogen) atoms. The normalized spacial score (nSPS) is 14.4. The van der Waals surface area contributed by atoms with Crippen LogP contribution in [0.4, 0.5) is 6.01 Å². The van der Waals surface area contributed by atoms with Gasteiger partial charge in [-0.05, 0) is 51.6 Å². The van der Waals surface area contributed by atoms with E-state index in [0.29, 0.717) is 29.6 Å². The summed E-state index contributed by atoms with van der Waals surface area (Å²) in [5, 5.41) is 6.08. The molecule has 0 saturated heterocycles. The lowest BCUT2D eigenvalue weighted by atomic mass is 10.0. The topological polar surface area (TPSA) is 108 Å². The van der Waals surface area contributed by atoms with Gasteiger partial charge in [0.1, 0.15) is 6.04 Å². The van der Waals surface area contributed by atoms with Gasteiger partial charge < -0.3 is 24.9 Å². The highest BCUT2D eigenvalue weighted by atomic mass is 16.4. The lowest BCUT2D eigenvalue weighted by Crippen LogP contribution is -2.37. The fourth-order valence-corrected chi connectivity index (χ4v) is 3.32. The largest absolute Gasteiger partial charge is 0.389 e. The highest BCUT2D eigenvalue weighted by Gasteiger charge is 2.22. The van der Waals surface area contributed by atoms with E-state index in [2.05, 4.69) is 15.6 Å². The summed E-state index contributed by atoms with van der Waals surface area (Å²) in [4.78, 5) is 44.7. The number of carbonyl (C=O) groups excluding carboxylic acids is 2. The van der Waals surface area contributed by atoms with E-state index in [1.807, 2.05) is 26.2 Å². The molecule has 160 valence electrons. The number of aryl methyl sites for hydroxylation is 1. The summed E-state index contributed by atoms with van der Waals surface area (Å²) in [5.74, 6) is -0.219. The van der Waals surface area contributed by atoms with Gasteiger partial charge in [0, 0.05) is 19.3 Å². The van der Waals surface area contributed by atoms with Gasteiger partial charge in [-0.2, -0.15) is 4.98 Å². The molecule has 0 radical (unpaired) electrons. The minimum atomic E-state index is -0.590. The van der Waals surface area contributed by atoms with Gasteiger partial charge >= 0.3 is 5.63 Å². The molecule has 9 heteroatoms. The third kappa shape index (κ3) is 4.85. The third-order valence-electron chi connectivity index (χ3n) is 4.92. The molecule has 1 aromatic carbocycles. The lowest BCUT2D eigenvalue weighted by molar-refractivity contribution is -0.128. The Morgan fingerprint density at radius 2 is 2.10 bits per heavy atom. The van der Waals surface area contributed by atoms with Gasteiger partial charge in [0.05, 0.1) is 17.4 Å². The molecular formula is C21H27N5O4. The number of aromatic nitrogens is 1. The maximum atomic E-state index is 12.6. The Balaban J connectivity index is 1.77. The first-order chi connectivity index (χ1) is 14.3. The number of benzene rings is 1. The molecule has 0 fully saturated rings. The minimum Gasteiger partial charge on any atom is -0.389 e. The molecule has 0 aliphatic carbocycles. The molecule has 2 amide bonds. The molecule has 0 unspecified atom stereocenters. The van der Waals surface area contributed by atoms with Crippen LogP contribution in [-0.4, -0.2) is 59.8 Å². The Kier molecular flexibility index (Phi) is 6.51. The smallest absolute Gasteiger partial charge is 0.348 e. The van der Waals surface area contributed by atoms with Crippen molar-refractivity contribution < 1.29 is 14.0 Å². The minimum absolute atomic E-state index is 0.00274. The van der Waals surface area contributed by atoms with Crippen LogP contribution in [0.2, 0.25) is 0 Å². The summed E-state index contributed by atoms with van der Waals surface area (Å²) in [6.45, 7) is 4.74. The number of nitrogens with zero attached hydrogens (tertiary/aromatic N) is 3. The quantitative estimate of drug-likeness (QED) is 0.703. The second kappa shape index (κ2) is 9.08. The van der Waals surface area contributed by atoms with Crippen molar-refractivity contribution in [3.8, 4) is 0 Å². The van der Waals surface area contributed by atoms with Gasteiger partial charge in [-0.3, -0.25) is 9.59 Å². The summed E-state index contributed by atoms with van der Waals surface area (Å²) < 4.78 is 5.33. The number of likely N-dealkylation sites (N-methyl/N-ethyl adjacent to an activating group) is 1. The molecule has 0 saturated carbocycles. The first-order valence-electron chi connectivity index (χ1n) is 9.84. The predicted molar refractivity (Wildman–Crippen MR) is 114 cm³/mol. The van der Waals surface area contributed by atoms with E-state index >= 15 is 0 Å². The number of anilines is 1. The standard InChI is InChI=1S/C21H27N5O4/c1-13-15(11-22-17(27)12-25(3)4)7-8-16-18(13)20(29)30-21(24-16)23-14(2)19(28)26-9-5-6-10-26/h5,7-9,14H,6,10-12H2,1-4H3,(H,22,27)(H,23,24)/t14-/m0/s1. The number of carbonyl (C=O) groups is 2. The number of hydrogen-bond acceptors (Lipinski definition) is 7. The summed E-state index contributed by atoms with van der Waals surface area (Å²) in [6, 6.07) is 2.96. The zero-order valence-electron chi connectivity index (χ0n) is 17.7. The van der Waals surface area contributed by atoms with Crippen molar-refractivity contribution >= 4 is 28.7 Å². The average molecular weight is 413 g/mol. The van der Waals surface area contributed by atoms with Gasteiger partial charge in [0.15, 0.2) is 0 Å². The van der Waals surface area contributed by atoms with Crippen LogP contribution in [0.3, 0.4) is 0 Å². The highest BCUT2D eigenvalue weighted by molar-refractivity contribution is 5.86. The van der Waals surface area contributed by atoms with E-state index in [1.54, 1.807) is 35.9 Å². The summed E-state index contributed by atoms with van der Waals surface area (Å²) in [6.07, 6.45) is 4.52. The van der Waals surface area contributed by atoms with Crippen LogP contribution in [-0.2, 0) is 16.1 Å². The SMILES string of the molecule is Cc1c(CNC(=O)CN(C)C)ccc2nc(N[C@@H](C)C(=O)N3C=CCC3)oc(=O)c12. The van der Waals surface area contributed by atoms with E-state index in [-0.39, 0.29) is 24.4 Å². The fraction of sp³-hybridized carbons (Fsp3) is 0.429. The third-order valence-corrected chi connectivity index (χ3v) is 4.92. The second-order valence-corrected chi connectivity index (χ2v) is 7.64. The first kappa shape index (κ1) is 21.5. The Morgan fingerprint density at radius 1 is 1.33 bits per heavy atom. The zero-order chi connectivity index (χ0) is 21.8. The molecule has 1 atom stereocenters. The second-order valence-electron chi connectivity index (χ2n) is 7.64. The molecule has 3 rings (SSSR count). The number of hydrogen-bond donors (Lipinski definition) is 2. The molecule has 2 N–H and O–H groups in total. The highest BCUT2D eigenvalue weighted by Crippen LogP contribution is 2.20. The molecule has 0 bridgehead atoms. The van der Waals surface area contributed by atoms with Gasteiger partial charge in [-0.15, -0.1) is 0 Å². The van der Waals surface area contributed by atoms with Gasteiger partial charge in [-0.25, -0.2) is 4.79 Å². The number of fused-ring (bicyclic) bond motifs is 1. The summed E-state index contributed by atoms with van der Waals surface area (Å²) in [7, 11) is 3.64. The molecule has 0 spiro atoms. The predicted octanol–water partition coefficient (Wildman–Crippen LogP) is 1.22. The van der Waals surface area contributed by atoms with Crippen molar-refractivity contribution in [2.24, 2.45) is 0 Å². The van der Waals surface area contributed by atoms with Crippen LogP contribution in [0.25, 0.3) is 10.9 Å². The van der Waals surface area contributed by atoms with Crippen molar-refractivity contribution in [1.29, 1.82) is 0 Å². The van der Waals surface area contributed by atoms with Crippen LogP contribution < -0.4 is 16.3 Å². The van der Waals surface area contributed by atoms with Crippen molar-refractivity contribution in [3.05, 3.63) is 46.0 Å². The van der Waals surface area contributed by atoms with Gasteiger partial charge in [0.2, 0.25) is 11.8 Å². The summed E-state index contributed by atoms with van der Waals surface area (Å²) in [5.41, 5.74) is 1.45. The molecular weight excluding hydrogens is 386 g/mol. The Labute approximate surface area is 174 Å². The van der Waals surface area contributed by atoms with Gasteiger partial charge in [-0.1, -0.05) is 12.1 Å². The molecule has 9 nitrogen and oxygen atoms in total. The molecule has 2 heterocycles. The van der Waals surface area contributed by atoms with Crippen molar-refractivity contribution in [1.82, 2.24) is 20.1 Å². The lowest BCUT2D eigenvalue weighted by Gasteiger charge is -2.19. The fourth-order valence-electron chi connectivity index (χ4n) is 3.32. The van der Waals surface area contributed by atoms with Crippen molar-refractivity contribution in [2.45, 2.75) is 32.9 Å². The van der Waals surface area contributed by atoms with E-state index < -0.39 is 11.7 Å². The van der Waals surface area contributed by atoms with E-state index in [9.17, 15) is 14.4 Å². The molecule has 2 aromatic rings. The zero-order valence-corrected chi connectivity index (χ0v) is 17.7. The number of nitrogens with one attached hydrogen (secondary N) is 2. The maximum Gasteiger partial charge on any atom is 0.348 e. The van der Waals surface area contributed by atoms with Crippen LogP contribution in [0.1, 0.15) is 24.5 Å². The summed E-state index contributed by atoms with van der Waals surface area (Å²) >= 11 is 0. The van der Waals surface area contributed by atoms with Crippen LogP contribution in [0.15, 0.2) is 33.6 Å². The maximum absolute atomic E-state index is 12.6.